The molecule has 1 aromatic rings. The van der Waals surface area contributed by atoms with Crippen LogP contribution < -0.4 is 20.9 Å². The zero-order valence-electron chi connectivity index (χ0n) is 9.82. The van der Waals surface area contributed by atoms with Crippen molar-refractivity contribution in [2.75, 3.05) is 13.2 Å². The predicted molar refractivity (Wildman–Crippen MR) is 67.8 cm³/mol. The molecule has 2 rings (SSSR count). The molecule has 0 saturated carbocycles. The van der Waals surface area contributed by atoms with Gasteiger partial charge in [-0.25, -0.2) is 0 Å². The largest absolute Gasteiger partial charge is 0.489 e. The van der Waals surface area contributed by atoms with Crippen LogP contribution in [0.1, 0.15) is 24.4 Å². The van der Waals surface area contributed by atoms with Crippen LogP contribution in [-0.2, 0) is 4.79 Å². The third-order valence-electron chi connectivity index (χ3n) is 2.67. The number of carbonyl (C=O) groups excluding carboxylic acids is 1. The first-order chi connectivity index (χ1) is 8.58. The van der Waals surface area contributed by atoms with E-state index in [-0.39, 0.29) is 6.42 Å². The van der Waals surface area contributed by atoms with E-state index in [4.69, 9.17) is 32.5 Å². The Morgan fingerprint density at radius 3 is 2.83 bits per heavy atom. The van der Waals surface area contributed by atoms with E-state index in [0.29, 0.717) is 35.3 Å². The smallest absolute Gasteiger partial charge is 0.219 e. The van der Waals surface area contributed by atoms with Crippen molar-refractivity contribution < 1.29 is 14.3 Å². The van der Waals surface area contributed by atoms with Crippen LogP contribution in [0, 0.1) is 0 Å². The summed E-state index contributed by atoms with van der Waals surface area (Å²) < 4.78 is 11.0. The van der Waals surface area contributed by atoms with Crippen LogP contribution in [-0.4, -0.2) is 19.1 Å². The second-order valence-corrected chi connectivity index (χ2v) is 4.56. The van der Waals surface area contributed by atoms with E-state index in [0.717, 1.165) is 6.42 Å². The van der Waals surface area contributed by atoms with Crippen molar-refractivity contribution in [3.63, 3.8) is 0 Å². The lowest BCUT2D eigenvalue weighted by Gasteiger charge is -2.15. The second kappa shape index (κ2) is 5.46. The lowest BCUT2D eigenvalue weighted by molar-refractivity contribution is -0.118. The van der Waals surface area contributed by atoms with Crippen molar-refractivity contribution >= 4 is 17.5 Å². The number of primary amides is 1. The molecule has 1 amide bonds. The van der Waals surface area contributed by atoms with Crippen LogP contribution in [0.15, 0.2) is 12.1 Å². The van der Waals surface area contributed by atoms with E-state index in [1.165, 1.54) is 0 Å². The summed E-state index contributed by atoms with van der Waals surface area (Å²) in [6.45, 7) is 1.14. The topological polar surface area (TPSA) is 87.6 Å². The summed E-state index contributed by atoms with van der Waals surface area (Å²) in [5, 5.41) is 0.435. The highest BCUT2D eigenvalue weighted by atomic mass is 35.5. The summed E-state index contributed by atoms with van der Waals surface area (Å²) in [6, 6.07) is 2.94. The molecule has 4 N–H and O–H groups in total. The van der Waals surface area contributed by atoms with Crippen LogP contribution in [0.3, 0.4) is 0 Å². The van der Waals surface area contributed by atoms with Crippen molar-refractivity contribution in [1.82, 2.24) is 0 Å². The molecule has 5 nitrogen and oxygen atoms in total. The van der Waals surface area contributed by atoms with Gasteiger partial charge in [-0.15, -0.1) is 0 Å². The van der Waals surface area contributed by atoms with Crippen molar-refractivity contribution in [3.8, 4) is 11.5 Å². The lowest BCUT2D eigenvalue weighted by atomic mass is 10.0. The molecule has 1 aliphatic rings. The third-order valence-corrected chi connectivity index (χ3v) is 2.95. The van der Waals surface area contributed by atoms with Crippen LogP contribution in [0.5, 0.6) is 11.5 Å². The van der Waals surface area contributed by atoms with Crippen LogP contribution in [0.25, 0.3) is 0 Å². The van der Waals surface area contributed by atoms with Crippen LogP contribution >= 0.6 is 11.6 Å². The quantitative estimate of drug-likeness (QED) is 0.868. The zero-order chi connectivity index (χ0) is 13.1. The summed E-state index contributed by atoms with van der Waals surface area (Å²) in [7, 11) is 0. The van der Waals surface area contributed by atoms with Crippen LogP contribution in [0.2, 0.25) is 5.02 Å². The summed E-state index contributed by atoms with van der Waals surface area (Å²) in [6.07, 6.45) is 0.865. The molecule has 0 unspecified atom stereocenters. The minimum atomic E-state index is -0.489. The molecule has 0 spiro atoms. The Bertz CT molecular complexity index is 465. The Labute approximate surface area is 110 Å². The number of hydrogen-bond donors (Lipinski definition) is 2. The Morgan fingerprint density at radius 2 is 2.11 bits per heavy atom. The minimum absolute atomic E-state index is 0.0654. The molecule has 0 saturated heterocycles. The molecule has 6 heteroatoms. The molecule has 0 aliphatic carbocycles. The molecule has 0 fully saturated rings. The molecule has 1 aliphatic heterocycles. The first-order valence-corrected chi connectivity index (χ1v) is 6.08. The van der Waals surface area contributed by atoms with Gasteiger partial charge in [0, 0.05) is 18.9 Å². The average Bonchev–Trinajstić information content (AvgIpc) is 2.53. The molecular weight excluding hydrogens is 256 g/mol. The van der Waals surface area contributed by atoms with Gasteiger partial charge in [-0.05, 0) is 17.7 Å². The molecular formula is C12H15ClN2O3. The number of amides is 1. The highest BCUT2D eigenvalue weighted by molar-refractivity contribution is 6.32. The number of nitrogens with two attached hydrogens (primary N) is 2. The number of fused-ring (bicyclic) bond motifs is 1. The van der Waals surface area contributed by atoms with Crippen molar-refractivity contribution in [1.29, 1.82) is 0 Å². The highest BCUT2D eigenvalue weighted by Gasteiger charge is 2.18. The Kier molecular flexibility index (Phi) is 3.93. The van der Waals surface area contributed by atoms with Gasteiger partial charge >= 0.3 is 0 Å². The van der Waals surface area contributed by atoms with Gasteiger partial charge in [-0.2, -0.15) is 0 Å². The second-order valence-electron chi connectivity index (χ2n) is 4.16. The first-order valence-electron chi connectivity index (χ1n) is 5.71. The monoisotopic (exact) mass is 270 g/mol. The first kappa shape index (κ1) is 13.0. The number of halogens is 1. The lowest BCUT2D eigenvalue weighted by Crippen LogP contribution is -2.20. The van der Waals surface area contributed by atoms with Gasteiger partial charge in [0.25, 0.3) is 0 Å². The molecule has 1 heterocycles. The maximum absolute atomic E-state index is 10.9. The molecule has 0 bridgehead atoms. The molecule has 0 aromatic heterocycles. The number of carbonyl (C=O) groups is 1. The normalized spacial score (nSPS) is 15.9. The standard InChI is InChI=1S/C12H15ClN2O3/c13-8-4-7(9(14)6-11(15)16)5-10-12(8)18-3-1-2-17-10/h4-5,9H,1-3,6,14H2,(H2,15,16)/t9-/m1/s1. The van der Waals surface area contributed by atoms with E-state index in [9.17, 15) is 4.79 Å². The molecule has 0 radical (unpaired) electrons. The summed E-state index contributed by atoms with van der Waals surface area (Å²) in [5.41, 5.74) is 11.7. The van der Waals surface area contributed by atoms with Gasteiger partial charge in [0.05, 0.1) is 18.2 Å². The SMILES string of the molecule is NC(=O)C[C@@H](N)c1cc(Cl)c2c(c1)OCCCO2. The number of ether oxygens (including phenoxy) is 2. The van der Waals surface area contributed by atoms with Gasteiger partial charge in [-0.3, -0.25) is 4.79 Å². The Morgan fingerprint density at radius 1 is 1.39 bits per heavy atom. The molecule has 1 aromatic carbocycles. The van der Waals surface area contributed by atoms with Gasteiger partial charge in [-0.1, -0.05) is 11.6 Å². The summed E-state index contributed by atoms with van der Waals surface area (Å²) in [4.78, 5) is 10.9. The zero-order valence-corrected chi connectivity index (χ0v) is 10.6. The maximum Gasteiger partial charge on any atom is 0.219 e. The summed E-state index contributed by atoms with van der Waals surface area (Å²) >= 11 is 6.12. The van der Waals surface area contributed by atoms with Gasteiger partial charge in [0.1, 0.15) is 0 Å². The van der Waals surface area contributed by atoms with Gasteiger partial charge in [0.2, 0.25) is 5.91 Å². The van der Waals surface area contributed by atoms with Gasteiger partial charge < -0.3 is 20.9 Å². The Hall–Kier alpha value is -1.46. The van der Waals surface area contributed by atoms with Crippen molar-refractivity contribution in [2.24, 2.45) is 11.5 Å². The predicted octanol–water partition coefficient (Wildman–Crippen LogP) is 1.38. The molecule has 18 heavy (non-hydrogen) atoms. The van der Waals surface area contributed by atoms with Crippen LogP contribution in [0.4, 0.5) is 0 Å². The highest BCUT2D eigenvalue weighted by Crippen LogP contribution is 2.39. The van der Waals surface area contributed by atoms with E-state index >= 15 is 0 Å². The fraction of sp³-hybridized carbons (Fsp3) is 0.417. The van der Waals surface area contributed by atoms with Gasteiger partial charge in [0.15, 0.2) is 11.5 Å². The molecule has 1 atom stereocenters. The van der Waals surface area contributed by atoms with E-state index in [2.05, 4.69) is 0 Å². The third kappa shape index (κ3) is 2.86. The fourth-order valence-corrected chi connectivity index (χ4v) is 2.07. The number of rotatable bonds is 3. The van der Waals surface area contributed by atoms with E-state index < -0.39 is 11.9 Å². The number of hydrogen-bond acceptors (Lipinski definition) is 4. The van der Waals surface area contributed by atoms with Crippen molar-refractivity contribution in [3.05, 3.63) is 22.7 Å². The maximum atomic E-state index is 10.9. The molecule has 98 valence electrons. The van der Waals surface area contributed by atoms with Crippen molar-refractivity contribution in [2.45, 2.75) is 18.9 Å². The summed E-state index contributed by atoms with van der Waals surface area (Å²) in [5.74, 6) is 0.643. The number of benzene rings is 1. The van der Waals surface area contributed by atoms with E-state index in [1.807, 2.05) is 0 Å². The Balaban J connectivity index is 2.31. The average molecular weight is 271 g/mol. The van der Waals surface area contributed by atoms with E-state index in [1.54, 1.807) is 12.1 Å². The minimum Gasteiger partial charge on any atom is -0.489 e. The fourth-order valence-electron chi connectivity index (χ4n) is 1.80.